The maximum absolute atomic E-state index is 13.5. The van der Waals surface area contributed by atoms with Crippen molar-refractivity contribution in [3.63, 3.8) is 0 Å². The molecule has 20 heteroatoms. The van der Waals surface area contributed by atoms with Crippen LogP contribution in [0.15, 0.2) is 49.3 Å². The zero-order valence-corrected chi connectivity index (χ0v) is 42.0. The summed E-state index contributed by atoms with van der Waals surface area (Å²) in [5, 5.41) is 18.1. The third-order valence-electron chi connectivity index (χ3n) is 16.0. The fraction of sp³-hybridized carbons (Fsp3) is 0.667. The Morgan fingerprint density at radius 1 is 0.735 bits per heavy atom. The molecule has 5 aliphatic heterocycles. The van der Waals surface area contributed by atoms with Crippen molar-refractivity contribution in [2.24, 2.45) is 94.7 Å². The summed E-state index contributed by atoms with van der Waals surface area (Å²) >= 11 is 0. The molecule has 5 rings (SSSR count). The fourth-order valence-electron chi connectivity index (χ4n) is 12.2. The molecular weight excluding hydrogens is 918 g/mol. The maximum atomic E-state index is 13.5. The van der Waals surface area contributed by atoms with Crippen molar-refractivity contribution in [1.29, 1.82) is 0 Å². The molecule has 19 nitrogen and oxygen atoms in total. The standard InChI is InChI=1S/C48H73N11O8.Co/c1-23(60)22-55-38(67)16-17-45(6)29(18-35(52)64)43-48(9)47(8,21-37(54)66)28(12-15-34(51)63)40(59-48)25(3)42-46(7,20-36(53)65)26(10-13-32(49)61)30(56-42)19-31-44(4,5)27(11-14-33(50)62)39(57-31)24(2)41(45)58-43;/h19,23,26-29,43,60H,10-18,20-22H2,1-9H3,(H14,49,50,51,52,53,54,55,56,57,58,59,61,62,63,64,65,66,67);/p-1. The van der Waals surface area contributed by atoms with Gasteiger partial charge in [-0.25, -0.2) is 0 Å². The molecule has 1 radical (unpaired) electrons. The number of carbonyl (C=O) groups is 7. The molecule has 377 valence electrons. The number of nitrogens with one attached hydrogen (secondary N) is 1. The molecule has 0 aromatic rings. The number of nitrogens with zero attached hydrogens (tertiary/aromatic N) is 4. The molecule has 5 heterocycles. The normalized spacial score (nSPS) is 33.9. The van der Waals surface area contributed by atoms with Gasteiger partial charge in [0.15, 0.2) is 0 Å². The Hall–Kier alpha value is -5.21. The number of hydrogen-bond acceptors (Lipinski definition) is 11. The number of primary amides is 6. The topological polar surface area (TPSA) is 359 Å². The van der Waals surface area contributed by atoms with Crippen LogP contribution in [0.25, 0.3) is 5.32 Å². The van der Waals surface area contributed by atoms with Gasteiger partial charge >= 0.3 is 0 Å². The van der Waals surface area contributed by atoms with E-state index in [2.05, 4.69) is 5.32 Å². The third kappa shape index (κ3) is 10.4. The molecule has 1 fully saturated rings. The van der Waals surface area contributed by atoms with E-state index in [0.717, 1.165) is 0 Å². The number of allylic oxidation sites excluding steroid dienone is 6. The summed E-state index contributed by atoms with van der Waals surface area (Å²) in [6.45, 7) is 16.8. The molecule has 10 unspecified atom stereocenters. The number of carbonyl (C=O) groups excluding carboxylic acids is 7. The molecule has 0 aromatic carbocycles. The second kappa shape index (κ2) is 20.4. The van der Waals surface area contributed by atoms with Crippen LogP contribution in [0.5, 0.6) is 0 Å². The predicted octanol–water partition coefficient (Wildman–Crippen LogP) is 2.52. The van der Waals surface area contributed by atoms with Gasteiger partial charge in [0.2, 0.25) is 41.4 Å². The number of aliphatic hydroxyl groups is 1. The zero-order valence-electron chi connectivity index (χ0n) is 40.9. The van der Waals surface area contributed by atoms with Crippen molar-refractivity contribution in [1.82, 2.24) is 5.32 Å². The molecule has 0 aromatic heterocycles. The average molecular weight is 990 g/mol. The van der Waals surface area contributed by atoms with Crippen molar-refractivity contribution in [3.05, 3.63) is 39.6 Å². The third-order valence-corrected chi connectivity index (χ3v) is 16.0. The van der Waals surface area contributed by atoms with E-state index in [4.69, 9.17) is 54.7 Å². The second-order valence-corrected chi connectivity index (χ2v) is 21.1. The van der Waals surface area contributed by atoms with E-state index in [1.807, 2.05) is 61.5 Å². The van der Waals surface area contributed by atoms with E-state index in [0.29, 0.717) is 51.8 Å². The average Bonchev–Trinajstić information content (AvgIpc) is 3.80. The maximum Gasteiger partial charge on any atom is 0.220 e. The van der Waals surface area contributed by atoms with Crippen LogP contribution in [0.3, 0.4) is 0 Å². The van der Waals surface area contributed by atoms with Crippen molar-refractivity contribution in [2.75, 3.05) is 6.54 Å². The van der Waals surface area contributed by atoms with E-state index in [9.17, 15) is 38.7 Å². The van der Waals surface area contributed by atoms with Gasteiger partial charge in [0.25, 0.3) is 0 Å². The molecule has 5 aliphatic rings. The summed E-state index contributed by atoms with van der Waals surface area (Å²) in [7, 11) is 0. The van der Waals surface area contributed by atoms with Gasteiger partial charge < -0.3 is 50.1 Å². The first-order valence-corrected chi connectivity index (χ1v) is 23.2. The Labute approximate surface area is 409 Å². The molecule has 68 heavy (non-hydrogen) atoms. The number of aliphatic hydroxyl groups excluding tert-OH is 1. The first kappa shape index (κ1) is 55.4. The van der Waals surface area contributed by atoms with Crippen molar-refractivity contribution < 1.29 is 55.4 Å². The van der Waals surface area contributed by atoms with Gasteiger partial charge in [0.1, 0.15) is 0 Å². The van der Waals surface area contributed by atoms with Gasteiger partial charge in [-0.05, 0) is 75.9 Å². The van der Waals surface area contributed by atoms with Crippen molar-refractivity contribution >= 4 is 58.5 Å². The van der Waals surface area contributed by atoms with E-state index in [-0.39, 0.29) is 93.4 Å². The zero-order chi connectivity index (χ0) is 50.4. The monoisotopic (exact) mass is 989 g/mol. The minimum absolute atomic E-state index is 0. The van der Waals surface area contributed by atoms with Crippen LogP contribution in [0, 0.1) is 45.3 Å². The summed E-state index contributed by atoms with van der Waals surface area (Å²) in [5.41, 5.74) is 34.4. The first-order chi connectivity index (χ1) is 30.9. The number of hydrogen-bond donors (Lipinski definition) is 8. The van der Waals surface area contributed by atoms with Crippen LogP contribution in [-0.2, 0) is 50.3 Å². The smallest absolute Gasteiger partial charge is 0.220 e. The van der Waals surface area contributed by atoms with E-state index in [1.54, 1.807) is 6.92 Å². The molecule has 7 amide bonds. The predicted molar refractivity (Wildman–Crippen MR) is 254 cm³/mol. The van der Waals surface area contributed by atoms with Gasteiger partial charge in [0.05, 0.1) is 17.7 Å². The number of aliphatic imine (C=N–C) groups is 3. The van der Waals surface area contributed by atoms with Gasteiger partial charge in [-0.3, -0.25) is 48.5 Å². The summed E-state index contributed by atoms with van der Waals surface area (Å²) in [5.74, 6) is -6.42. The fourth-order valence-corrected chi connectivity index (χ4v) is 12.2. The number of rotatable bonds is 20. The van der Waals surface area contributed by atoms with Gasteiger partial charge in [-0.2, -0.15) is 5.70 Å². The van der Waals surface area contributed by atoms with Crippen LogP contribution in [-0.4, -0.2) is 87.8 Å². The summed E-state index contributed by atoms with van der Waals surface area (Å²) < 4.78 is 0. The van der Waals surface area contributed by atoms with Crippen LogP contribution < -0.4 is 39.7 Å². The summed E-state index contributed by atoms with van der Waals surface area (Å²) in [6, 6.07) is -0.923. The van der Waals surface area contributed by atoms with Gasteiger partial charge in [-0.1, -0.05) is 40.7 Å². The van der Waals surface area contributed by atoms with E-state index >= 15 is 0 Å². The SMILES string of the molecule is C/C1=C2/N=C(C=C3[N-]/C(=C(/C)C4=NC(C)(C5N=C1C(C)(CCC(=O)NCC(C)O)C5CC(N)=O)C(C)(CC(N)=O)C4CCC(N)=O)C(C)(CC(N)=O)C3CCC(N)=O)C(C)(C)C2CCC(N)=O.[Co]. The number of nitrogens with two attached hydrogens (primary N) is 6. The molecule has 8 bridgehead atoms. The van der Waals surface area contributed by atoms with Gasteiger partial charge in [-0.15, -0.1) is 5.70 Å². The molecular formula is C48H72CoN11O8-. The Bertz CT molecular complexity index is 2320. The molecule has 0 aliphatic carbocycles. The molecule has 14 N–H and O–H groups in total. The van der Waals surface area contributed by atoms with Crippen LogP contribution in [0.2, 0.25) is 0 Å². The van der Waals surface area contributed by atoms with E-state index < -0.39 is 98.5 Å². The minimum atomic E-state index is -1.40. The minimum Gasteiger partial charge on any atom is -0.664 e. The Kier molecular flexibility index (Phi) is 16.6. The van der Waals surface area contributed by atoms with Crippen molar-refractivity contribution in [3.8, 4) is 0 Å². The number of fused-ring (bicyclic) bond motifs is 6. The second-order valence-electron chi connectivity index (χ2n) is 21.1. The van der Waals surface area contributed by atoms with Crippen LogP contribution >= 0.6 is 0 Å². The number of amides is 7. The Morgan fingerprint density at radius 3 is 1.79 bits per heavy atom. The van der Waals surface area contributed by atoms with Crippen LogP contribution in [0.1, 0.15) is 133 Å². The van der Waals surface area contributed by atoms with Gasteiger partial charge in [0, 0.05) is 125 Å². The Morgan fingerprint density at radius 2 is 1.28 bits per heavy atom. The quantitative estimate of drug-likeness (QED) is 0.0894. The first-order valence-electron chi connectivity index (χ1n) is 23.2. The molecule has 1 saturated heterocycles. The van der Waals surface area contributed by atoms with Crippen LogP contribution in [0.4, 0.5) is 0 Å². The summed E-state index contributed by atoms with van der Waals surface area (Å²) in [4.78, 5) is 108. The summed E-state index contributed by atoms with van der Waals surface area (Å²) in [6.07, 6.45) is 1.02. The molecule has 0 saturated carbocycles. The molecule has 0 spiro atoms. The largest absolute Gasteiger partial charge is 0.664 e. The Balaban J connectivity index is 0.0000101. The van der Waals surface area contributed by atoms with E-state index in [1.165, 1.54) is 0 Å². The molecule has 10 atom stereocenters. The van der Waals surface area contributed by atoms with Crippen molar-refractivity contribution in [2.45, 2.75) is 151 Å².